The highest BCUT2D eigenvalue weighted by molar-refractivity contribution is 5.85. The first kappa shape index (κ1) is 13.5. The molecule has 1 saturated heterocycles. The number of likely N-dealkylation sites (tertiary alicyclic amines) is 1. The van der Waals surface area contributed by atoms with E-state index in [4.69, 9.17) is 5.11 Å². The van der Waals surface area contributed by atoms with Gasteiger partial charge in [0.25, 0.3) is 0 Å². The number of carboxylic acid groups (broad SMARTS) is 1. The first-order chi connectivity index (χ1) is 9.00. The molecule has 1 heterocycles. The molecular formula is C13H13F2NO3. The lowest BCUT2D eigenvalue weighted by atomic mass is 10.1. The first-order valence-corrected chi connectivity index (χ1v) is 5.96. The quantitative estimate of drug-likeness (QED) is 0.906. The summed E-state index contributed by atoms with van der Waals surface area (Å²) >= 11 is 0. The largest absolute Gasteiger partial charge is 0.480 e. The molecule has 0 radical (unpaired) electrons. The zero-order valence-corrected chi connectivity index (χ0v) is 10.1. The molecule has 19 heavy (non-hydrogen) atoms. The van der Waals surface area contributed by atoms with E-state index in [1.165, 1.54) is 17.0 Å². The molecule has 6 heteroatoms. The van der Waals surface area contributed by atoms with Crippen molar-refractivity contribution in [3.05, 3.63) is 35.4 Å². The Kier molecular flexibility index (Phi) is 3.78. The fourth-order valence-electron chi connectivity index (χ4n) is 2.27. The van der Waals surface area contributed by atoms with E-state index in [9.17, 15) is 18.4 Å². The molecular weight excluding hydrogens is 256 g/mol. The highest BCUT2D eigenvalue weighted by atomic mass is 19.2. The fourth-order valence-corrected chi connectivity index (χ4v) is 2.27. The molecule has 1 fully saturated rings. The second-order valence-electron chi connectivity index (χ2n) is 4.47. The number of halogens is 2. The van der Waals surface area contributed by atoms with E-state index in [2.05, 4.69) is 0 Å². The van der Waals surface area contributed by atoms with Crippen LogP contribution in [0.2, 0.25) is 0 Å². The van der Waals surface area contributed by atoms with Crippen molar-refractivity contribution in [1.29, 1.82) is 0 Å². The monoisotopic (exact) mass is 269 g/mol. The maximum Gasteiger partial charge on any atom is 0.326 e. The van der Waals surface area contributed by atoms with E-state index in [-0.39, 0.29) is 12.0 Å². The Morgan fingerprint density at radius 2 is 2.11 bits per heavy atom. The van der Waals surface area contributed by atoms with Crippen molar-refractivity contribution in [3.63, 3.8) is 0 Å². The minimum atomic E-state index is -1.06. The first-order valence-electron chi connectivity index (χ1n) is 5.96. The van der Waals surface area contributed by atoms with Gasteiger partial charge in [-0.3, -0.25) is 4.79 Å². The number of benzene rings is 1. The number of aliphatic carboxylic acids is 1. The number of amides is 1. The van der Waals surface area contributed by atoms with Crippen LogP contribution in [0.25, 0.3) is 0 Å². The van der Waals surface area contributed by atoms with E-state index >= 15 is 0 Å². The van der Waals surface area contributed by atoms with Crippen molar-refractivity contribution in [3.8, 4) is 0 Å². The van der Waals surface area contributed by atoms with Crippen molar-refractivity contribution in [2.45, 2.75) is 25.3 Å². The van der Waals surface area contributed by atoms with Gasteiger partial charge in [-0.1, -0.05) is 12.1 Å². The molecule has 102 valence electrons. The predicted octanol–water partition coefficient (Wildman–Crippen LogP) is 1.58. The average molecular weight is 269 g/mol. The van der Waals surface area contributed by atoms with Gasteiger partial charge in [0.2, 0.25) is 5.91 Å². The topological polar surface area (TPSA) is 57.6 Å². The summed E-state index contributed by atoms with van der Waals surface area (Å²) in [4.78, 5) is 24.1. The van der Waals surface area contributed by atoms with Crippen LogP contribution in [0, 0.1) is 11.6 Å². The number of hydrogen-bond donors (Lipinski definition) is 1. The fraction of sp³-hybridized carbons (Fsp3) is 0.385. The number of carbonyl (C=O) groups excluding carboxylic acids is 1. The Morgan fingerprint density at radius 3 is 2.79 bits per heavy atom. The van der Waals surface area contributed by atoms with Crippen molar-refractivity contribution >= 4 is 11.9 Å². The van der Waals surface area contributed by atoms with Crippen molar-refractivity contribution < 1.29 is 23.5 Å². The molecule has 0 bridgehead atoms. The highest BCUT2D eigenvalue weighted by Crippen LogP contribution is 2.20. The van der Waals surface area contributed by atoms with Crippen LogP contribution in [-0.4, -0.2) is 34.5 Å². The maximum absolute atomic E-state index is 13.4. The zero-order chi connectivity index (χ0) is 14.0. The van der Waals surface area contributed by atoms with Gasteiger partial charge in [0, 0.05) is 12.1 Å². The third-order valence-corrected chi connectivity index (χ3v) is 3.23. The maximum atomic E-state index is 13.4. The van der Waals surface area contributed by atoms with Crippen LogP contribution in [0.4, 0.5) is 8.78 Å². The molecule has 1 aliphatic rings. The van der Waals surface area contributed by atoms with Crippen molar-refractivity contribution in [2.75, 3.05) is 6.54 Å². The van der Waals surface area contributed by atoms with E-state index in [0.29, 0.717) is 19.4 Å². The molecule has 0 aliphatic carbocycles. The summed E-state index contributed by atoms with van der Waals surface area (Å²) in [5.41, 5.74) is -0.0546. The van der Waals surface area contributed by atoms with E-state index in [1.807, 2.05) is 0 Å². The Bertz CT molecular complexity index is 519. The highest BCUT2D eigenvalue weighted by Gasteiger charge is 2.34. The Morgan fingerprint density at radius 1 is 1.37 bits per heavy atom. The van der Waals surface area contributed by atoms with Crippen LogP contribution in [0.5, 0.6) is 0 Å². The minimum Gasteiger partial charge on any atom is -0.480 e. The van der Waals surface area contributed by atoms with Gasteiger partial charge in [-0.25, -0.2) is 13.6 Å². The molecule has 1 N–H and O–H groups in total. The van der Waals surface area contributed by atoms with Gasteiger partial charge in [0.1, 0.15) is 6.04 Å². The Hall–Kier alpha value is -1.98. The summed E-state index contributed by atoms with van der Waals surface area (Å²) in [6.45, 7) is 0.340. The van der Waals surface area contributed by atoms with Crippen LogP contribution in [0.3, 0.4) is 0 Å². The summed E-state index contributed by atoms with van der Waals surface area (Å²) < 4.78 is 26.5. The summed E-state index contributed by atoms with van der Waals surface area (Å²) in [5.74, 6) is -3.62. The molecule has 1 amide bonds. The van der Waals surface area contributed by atoms with Crippen LogP contribution in [0.1, 0.15) is 18.4 Å². The Labute approximate surface area is 108 Å². The van der Waals surface area contributed by atoms with Gasteiger partial charge in [-0.05, 0) is 18.9 Å². The number of carbonyl (C=O) groups is 2. The van der Waals surface area contributed by atoms with E-state index < -0.39 is 29.6 Å². The third kappa shape index (κ3) is 2.72. The lowest BCUT2D eigenvalue weighted by molar-refractivity contribution is -0.148. The third-order valence-electron chi connectivity index (χ3n) is 3.23. The van der Waals surface area contributed by atoms with Gasteiger partial charge in [0.05, 0.1) is 6.42 Å². The van der Waals surface area contributed by atoms with Gasteiger partial charge in [0.15, 0.2) is 11.6 Å². The number of carboxylic acids is 1. The molecule has 1 aliphatic heterocycles. The zero-order valence-electron chi connectivity index (χ0n) is 10.1. The average Bonchev–Trinajstić information content (AvgIpc) is 2.84. The van der Waals surface area contributed by atoms with Gasteiger partial charge < -0.3 is 10.0 Å². The molecule has 1 atom stereocenters. The summed E-state index contributed by atoms with van der Waals surface area (Å²) in [6.07, 6.45) is 0.675. The second kappa shape index (κ2) is 5.34. The van der Waals surface area contributed by atoms with E-state index in [1.54, 1.807) is 0 Å². The Balaban J connectivity index is 2.13. The van der Waals surface area contributed by atoms with Crippen LogP contribution < -0.4 is 0 Å². The summed E-state index contributed by atoms with van der Waals surface area (Å²) in [5, 5.41) is 8.97. The minimum absolute atomic E-state index is 0.0546. The normalized spacial score (nSPS) is 18.6. The smallest absolute Gasteiger partial charge is 0.326 e. The lowest BCUT2D eigenvalue weighted by Gasteiger charge is -2.21. The molecule has 2 rings (SSSR count). The summed E-state index contributed by atoms with van der Waals surface area (Å²) in [6, 6.07) is 2.75. The van der Waals surface area contributed by atoms with E-state index in [0.717, 1.165) is 6.07 Å². The number of rotatable bonds is 3. The molecule has 0 spiro atoms. The standard InChI is InChI=1S/C13H13F2NO3/c14-9-4-1-3-8(12(9)15)7-11(17)16-6-2-5-10(16)13(18)19/h1,3-4,10H,2,5-7H2,(H,18,19)/t10-/m1/s1. The molecule has 0 unspecified atom stereocenters. The van der Waals surface area contributed by atoms with Crippen LogP contribution in [-0.2, 0) is 16.0 Å². The molecule has 0 saturated carbocycles. The van der Waals surface area contributed by atoms with Gasteiger partial charge in [-0.15, -0.1) is 0 Å². The summed E-state index contributed by atoms with van der Waals surface area (Å²) in [7, 11) is 0. The van der Waals surface area contributed by atoms with Crippen LogP contribution >= 0.6 is 0 Å². The molecule has 4 nitrogen and oxygen atoms in total. The SMILES string of the molecule is O=C(O)[C@H]1CCCN1C(=O)Cc1cccc(F)c1F. The molecule has 1 aromatic carbocycles. The molecule has 1 aromatic rings. The van der Waals surface area contributed by atoms with Gasteiger partial charge >= 0.3 is 5.97 Å². The molecule has 0 aromatic heterocycles. The number of nitrogens with zero attached hydrogens (tertiary/aromatic N) is 1. The van der Waals surface area contributed by atoms with Crippen LogP contribution in [0.15, 0.2) is 18.2 Å². The lowest BCUT2D eigenvalue weighted by Crippen LogP contribution is -2.41. The van der Waals surface area contributed by atoms with Gasteiger partial charge in [-0.2, -0.15) is 0 Å². The number of hydrogen-bond acceptors (Lipinski definition) is 2. The second-order valence-corrected chi connectivity index (χ2v) is 4.47. The van der Waals surface area contributed by atoms with Crippen molar-refractivity contribution in [1.82, 2.24) is 4.90 Å². The van der Waals surface area contributed by atoms with Crippen molar-refractivity contribution in [2.24, 2.45) is 0 Å². The predicted molar refractivity (Wildman–Crippen MR) is 62.4 cm³/mol.